The molecule has 6 nitrogen and oxygen atoms in total. The molecule has 1 aromatic carbocycles. The van der Waals surface area contributed by atoms with Gasteiger partial charge in [0, 0.05) is 25.1 Å². The fourth-order valence-corrected chi connectivity index (χ4v) is 2.61. The zero-order valence-electron chi connectivity index (χ0n) is 12.0. The lowest BCUT2D eigenvalue weighted by Gasteiger charge is -2.32. The molecule has 1 aromatic rings. The van der Waals surface area contributed by atoms with Crippen LogP contribution >= 0.6 is 0 Å². The Morgan fingerprint density at radius 3 is 2.52 bits per heavy atom. The Morgan fingerprint density at radius 1 is 1.43 bits per heavy atom. The molecule has 21 heavy (non-hydrogen) atoms. The van der Waals surface area contributed by atoms with Crippen molar-refractivity contribution in [2.24, 2.45) is 5.92 Å². The van der Waals surface area contributed by atoms with Gasteiger partial charge in [0.2, 0.25) is 0 Å². The summed E-state index contributed by atoms with van der Waals surface area (Å²) in [7, 11) is 1.31. The smallest absolute Gasteiger partial charge is 0.313 e. The normalized spacial score (nSPS) is 15.9. The van der Waals surface area contributed by atoms with Crippen LogP contribution in [0.4, 0.5) is 15.8 Å². The molecule has 0 unspecified atom stereocenters. The highest BCUT2D eigenvalue weighted by Gasteiger charge is 2.26. The predicted molar refractivity (Wildman–Crippen MR) is 75.2 cm³/mol. The van der Waals surface area contributed by atoms with Gasteiger partial charge in [0.1, 0.15) is 5.78 Å². The number of Topliss-reactive ketones (excluding diaryl/α,β-unsaturated/α-hetero) is 1. The molecule has 0 amide bonds. The van der Waals surface area contributed by atoms with Gasteiger partial charge in [-0.25, -0.2) is 4.39 Å². The van der Waals surface area contributed by atoms with Crippen LogP contribution in [0.5, 0.6) is 5.75 Å². The molecule has 0 bridgehead atoms. The number of benzene rings is 1. The molecule has 1 saturated heterocycles. The first-order chi connectivity index (χ1) is 9.93. The van der Waals surface area contributed by atoms with Gasteiger partial charge in [-0.05, 0) is 19.8 Å². The van der Waals surface area contributed by atoms with E-state index < -0.39 is 16.4 Å². The third-order valence-corrected chi connectivity index (χ3v) is 3.86. The Balaban J connectivity index is 2.25. The van der Waals surface area contributed by atoms with E-state index in [4.69, 9.17) is 4.74 Å². The number of anilines is 1. The van der Waals surface area contributed by atoms with E-state index in [1.807, 2.05) is 0 Å². The van der Waals surface area contributed by atoms with Crippen molar-refractivity contribution in [1.29, 1.82) is 0 Å². The number of ketones is 1. The number of piperidine rings is 1. The highest BCUT2D eigenvalue weighted by atomic mass is 19.1. The van der Waals surface area contributed by atoms with Crippen molar-refractivity contribution < 1.29 is 18.8 Å². The maximum Gasteiger partial charge on any atom is 0.313 e. The monoisotopic (exact) mass is 296 g/mol. The van der Waals surface area contributed by atoms with Crippen molar-refractivity contribution in [2.45, 2.75) is 19.8 Å². The standard InChI is InChI=1S/C14H17FN2O4/c1-9(18)10-3-5-16(6-4-10)12-8-14(21-2)13(17(19)20)7-11(12)15/h7-8,10H,3-6H2,1-2H3. The van der Waals surface area contributed by atoms with E-state index in [2.05, 4.69) is 0 Å². The van der Waals surface area contributed by atoms with Gasteiger partial charge in [-0.2, -0.15) is 0 Å². The molecule has 1 aliphatic rings. The molecular weight excluding hydrogens is 279 g/mol. The second-order valence-electron chi connectivity index (χ2n) is 5.10. The van der Waals surface area contributed by atoms with E-state index in [-0.39, 0.29) is 23.1 Å². The lowest BCUT2D eigenvalue weighted by atomic mass is 9.93. The van der Waals surface area contributed by atoms with Gasteiger partial charge in [-0.1, -0.05) is 0 Å². The summed E-state index contributed by atoms with van der Waals surface area (Å²) in [5, 5.41) is 10.8. The van der Waals surface area contributed by atoms with Crippen molar-refractivity contribution in [2.75, 3.05) is 25.1 Å². The van der Waals surface area contributed by atoms with E-state index in [0.717, 1.165) is 6.07 Å². The summed E-state index contributed by atoms with van der Waals surface area (Å²) in [5.41, 5.74) is -0.114. The van der Waals surface area contributed by atoms with E-state index in [1.165, 1.54) is 13.2 Å². The molecule has 2 rings (SSSR count). The summed E-state index contributed by atoms with van der Waals surface area (Å²) < 4.78 is 19.1. The lowest BCUT2D eigenvalue weighted by Crippen LogP contribution is -2.36. The number of hydrogen-bond acceptors (Lipinski definition) is 5. The summed E-state index contributed by atoms with van der Waals surface area (Å²) in [6, 6.07) is 2.23. The summed E-state index contributed by atoms with van der Waals surface area (Å²) in [4.78, 5) is 23.3. The number of rotatable bonds is 4. The van der Waals surface area contributed by atoms with Crippen molar-refractivity contribution in [3.8, 4) is 5.75 Å². The molecule has 1 aliphatic heterocycles. The number of nitro benzene ring substituents is 1. The van der Waals surface area contributed by atoms with Crippen LogP contribution in [0, 0.1) is 21.8 Å². The van der Waals surface area contributed by atoms with Crippen LogP contribution in [0.2, 0.25) is 0 Å². The first-order valence-corrected chi connectivity index (χ1v) is 6.71. The molecule has 0 spiro atoms. The largest absolute Gasteiger partial charge is 0.490 e. The molecule has 0 radical (unpaired) electrons. The van der Waals surface area contributed by atoms with Crippen LogP contribution in [0.15, 0.2) is 12.1 Å². The molecule has 0 atom stereocenters. The van der Waals surface area contributed by atoms with Gasteiger partial charge in [-0.3, -0.25) is 14.9 Å². The van der Waals surface area contributed by atoms with E-state index in [1.54, 1.807) is 11.8 Å². The maximum absolute atomic E-state index is 14.1. The summed E-state index contributed by atoms with van der Waals surface area (Å²) in [5.74, 6) is -0.450. The summed E-state index contributed by atoms with van der Waals surface area (Å²) >= 11 is 0. The third-order valence-electron chi connectivity index (χ3n) is 3.86. The highest BCUT2D eigenvalue weighted by Crippen LogP contribution is 2.35. The van der Waals surface area contributed by atoms with Gasteiger partial charge >= 0.3 is 5.69 Å². The fraction of sp³-hybridized carbons (Fsp3) is 0.500. The van der Waals surface area contributed by atoms with Crippen LogP contribution < -0.4 is 9.64 Å². The molecule has 0 N–H and O–H groups in total. The van der Waals surface area contributed by atoms with Gasteiger partial charge in [-0.15, -0.1) is 0 Å². The zero-order valence-corrected chi connectivity index (χ0v) is 12.0. The van der Waals surface area contributed by atoms with Crippen molar-refractivity contribution >= 4 is 17.2 Å². The second kappa shape index (κ2) is 6.07. The lowest BCUT2D eigenvalue weighted by molar-refractivity contribution is -0.385. The van der Waals surface area contributed by atoms with Crippen LogP contribution in [0.3, 0.4) is 0 Å². The molecule has 1 heterocycles. The number of nitrogens with zero attached hydrogens (tertiary/aromatic N) is 2. The number of halogens is 1. The van der Waals surface area contributed by atoms with E-state index >= 15 is 0 Å². The molecule has 0 aromatic heterocycles. The van der Waals surface area contributed by atoms with Crippen LogP contribution in [-0.2, 0) is 4.79 Å². The Kier molecular flexibility index (Phi) is 4.40. The summed E-state index contributed by atoms with van der Waals surface area (Å²) in [6.07, 6.45) is 1.32. The molecule has 1 fully saturated rings. The Morgan fingerprint density at radius 2 is 2.05 bits per heavy atom. The van der Waals surface area contributed by atoms with Crippen LogP contribution in [-0.4, -0.2) is 30.9 Å². The minimum absolute atomic E-state index is 0.0178. The molecule has 0 aliphatic carbocycles. The van der Waals surface area contributed by atoms with E-state index in [0.29, 0.717) is 25.9 Å². The SMILES string of the molecule is COc1cc(N2CCC(C(C)=O)CC2)c(F)cc1[N+](=O)[O-]. The number of carbonyl (C=O) groups excluding carboxylic acids is 1. The van der Waals surface area contributed by atoms with Gasteiger partial charge < -0.3 is 9.64 Å². The first kappa shape index (κ1) is 15.2. The number of nitro groups is 1. The maximum atomic E-state index is 14.1. The number of ether oxygens (including phenoxy) is 1. The average molecular weight is 296 g/mol. The Hall–Kier alpha value is -2.18. The van der Waals surface area contributed by atoms with Gasteiger partial charge in [0.15, 0.2) is 11.6 Å². The van der Waals surface area contributed by atoms with Crippen LogP contribution in [0.25, 0.3) is 0 Å². The molecule has 7 heteroatoms. The minimum atomic E-state index is -0.673. The van der Waals surface area contributed by atoms with Gasteiger partial charge in [0.25, 0.3) is 0 Å². The summed E-state index contributed by atoms with van der Waals surface area (Å²) in [6.45, 7) is 2.65. The molecule has 0 saturated carbocycles. The molecular formula is C14H17FN2O4. The Bertz CT molecular complexity index is 568. The Labute approximate surface area is 121 Å². The zero-order chi connectivity index (χ0) is 15.6. The van der Waals surface area contributed by atoms with E-state index in [9.17, 15) is 19.3 Å². The highest BCUT2D eigenvalue weighted by molar-refractivity contribution is 5.78. The predicted octanol–water partition coefficient (Wildman–Crippen LogP) is 2.55. The minimum Gasteiger partial charge on any atom is -0.490 e. The van der Waals surface area contributed by atoms with Crippen molar-refractivity contribution in [3.05, 3.63) is 28.1 Å². The second-order valence-corrected chi connectivity index (χ2v) is 5.10. The van der Waals surface area contributed by atoms with Crippen molar-refractivity contribution in [1.82, 2.24) is 0 Å². The fourth-order valence-electron chi connectivity index (χ4n) is 2.61. The molecule has 114 valence electrons. The first-order valence-electron chi connectivity index (χ1n) is 6.71. The average Bonchev–Trinajstić information content (AvgIpc) is 2.47. The number of methoxy groups -OCH3 is 1. The van der Waals surface area contributed by atoms with Crippen LogP contribution in [0.1, 0.15) is 19.8 Å². The quantitative estimate of drug-likeness (QED) is 0.630. The number of carbonyl (C=O) groups is 1. The van der Waals surface area contributed by atoms with Gasteiger partial charge in [0.05, 0.1) is 23.8 Å². The number of hydrogen-bond donors (Lipinski definition) is 0. The third kappa shape index (κ3) is 3.12. The van der Waals surface area contributed by atoms with Crippen molar-refractivity contribution in [3.63, 3.8) is 0 Å². The topological polar surface area (TPSA) is 72.7 Å².